The molecule has 2 heterocycles. The molecule has 1 atom stereocenters. The van der Waals surface area contributed by atoms with E-state index in [2.05, 4.69) is 10.4 Å². The van der Waals surface area contributed by atoms with Crippen LogP contribution < -0.4 is 5.32 Å². The molecule has 0 aromatic carbocycles. The molecule has 0 saturated carbocycles. The molecule has 1 aliphatic heterocycles. The summed E-state index contributed by atoms with van der Waals surface area (Å²) in [6.45, 7) is 0.334. The molecular weight excluding hydrogens is 186 g/mol. The predicted octanol–water partition coefficient (Wildman–Crippen LogP) is -0.0739. The molecule has 74 valence electrons. The number of carboxylic acids is 1. The molecule has 0 saturated heterocycles. The van der Waals surface area contributed by atoms with Crippen LogP contribution in [0.15, 0.2) is 12.3 Å². The second kappa shape index (κ2) is 3.13. The van der Waals surface area contributed by atoms with E-state index in [1.807, 2.05) is 0 Å². The molecule has 0 aliphatic carbocycles. The lowest BCUT2D eigenvalue weighted by molar-refractivity contribution is -0.140. The smallest absolute Gasteiger partial charge is 0.304 e. The zero-order chi connectivity index (χ0) is 10.1. The molecule has 0 bridgehead atoms. The second-order valence-electron chi connectivity index (χ2n) is 3.18. The van der Waals surface area contributed by atoms with E-state index in [-0.39, 0.29) is 12.3 Å². The monoisotopic (exact) mass is 195 g/mol. The number of nitrogens with zero attached hydrogens (tertiary/aromatic N) is 2. The normalized spacial score (nSPS) is 20.0. The standard InChI is InChI=1S/C8H9N3O3/c12-7(13)3-5-4-11-6(1-2-9-11)10-8(5)14/h1-2,5H,3-4H2,(H,10,14)(H,12,13)/t5-/m0/s1. The van der Waals surface area contributed by atoms with Crippen LogP contribution in [-0.4, -0.2) is 26.8 Å². The van der Waals surface area contributed by atoms with Gasteiger partial charge >= 0.3 is 5.97 Å². The van der Waals surface area contributed by atoms with Crippen LogP contribution in [0.2, 0.25) is 0 Å². The van der Waals surface area contributed by atoms with Crippen LogP contribution in [0.1, 0.15) is 6.42 Å². The average Bonchev–Trinajstić information content (AvgIpc) is 2.51. The first-order valence-corrected chi connectivity index (χ1v) is 4.21. The average molecular weight is 195 g/mol. The zero-order valence-electron chi connectivity index (χ0n) is 7.30. The Morgan fingerprint density at radius 2 is 2.57 bits per heavy atom. The number of amides is 1. The maximum absolute atomic E-state index is 11.4. The van der Waals surface area contributed by atoms with E-state index in [4.69, 9.17) is 5.11 Å². The fraction of sp³-hybridized carbons (Fsp3) is 0.375. The third-order valence-corrected chi connectivity index (χ3v) is 2.15. The highest BCUT2D eigenvalue weighted by atomic mass is 16.4. The first kappa shape index (κ1) is 8.74. The van der Waals surface area contributed by atoms with Gasteiger partial charge in [-0.15, -0.1) is 0 Å². The van der Waals surface area contributed by atoms with Crippen LogP contribution in [0.25, 0.3) is 0 Å². The Bertz CT molecular complexity index is 385. The summed E-state index contributed by atoms with van der Waals surface area (Å²) in [6.07, 6.45) is 1.41. The Hall–Kier alpha value is -1.85. The fourth-order valence-electron chi connectivity index (χ4n) is 1.47. The second-order valence-corrected chi connectivity index (χ2v) is 3.18. The Labute approximate surface area is 79.5 Å². The van der Waals surface area contributed by atoms with E-state index < -0.39 is 11.9 Å². The first-order valence-electron chi connectivity index (χ1n) is 4.21. The number of rotatable bonds is 2. The molecule has 2 rings (SSSR count). The van der Waals surface area contributed by atoms with Gasteiger partial charge in [-0.2, -0.15) is 5.10 Å². The number of fused-ring (bicyclic) bond motifs is 1. The molecule has 1 aromatic heterocycles. The van der Waals surface area contributed by atoms with Crippen molar-refractivity contribution in [3.63, 3.8) is 0 Å². The van der Waals surface area contributed by atoms with Crippen molar-refractivity contribution in [1.29, 1.82) is 0 Å². The Balaban J connectivity index is 2.17. The Kier molecular flexibility index (Phi) is 1.95. The number of carboxylic acid groups (broad SMARTS) is 1. The molecule has 0 fully saturated rings. The van der Waals surface area contributed by atoms with E-state index in [1.165, 1.54) is 0 Å². The van der Waals surface area contributed by atoms with E-state index in [9.17, 15) is 9.59 Å². The summed E-state index contributed by atoms with van der Waals surface area (Å²) in [5.41, 5.74) is 0. The number of hydrogen-bond acceptors (Lipinski definition) is 3. The third-order valence-electron chi connectivity index (χ3n) is 2.15. The van der Waals surface area contributed by atoms with Gasteiger partial charge < -0.3 is 10.4 Å². The Morgan fingerprint density at radius 3 is 3.29 bits per heavy atom. The van der Waals surface area contributed by atoms with Crippen LogP contribution in [0.3, 0.4) is 0 Å². The van der Waals surface area contributed by atoms with Crippen molar-refractivity contribution >= 4 is 17.7 Å². The molecule has 6 heteroatoms. The maximum Gasteiger partial charge on any atom is 0.304 e. The fourth-order valence-corrected chi connectivity index (χ4v) is 1.47. The number of carbonyl (C=O) groups excluding carboxylic acids is 1. The maximum atomic E-state index is 11.4. The van der Waals surface area contributed by atoms with E-state index in [1.54, 1.807) is 16.9 Å². The zero-order valence-corrected chi connectivity index (χ0v) is 7.30. The largest absolute Gasteiger partial charge is 0.481 e. The van der Waals surface area contributed by atoms with Gasteiger partial charge in [0.2, 0.25) is 5.91 Å². The lowest BCUT2D eigenvalue weighted by Crippen LogP contribution is -2.34. The molecule has 1 amide bonds. The topological polar surface area (TPSA) is 84.2 Å². The third kappa shape index (κ3) is 1.46. The van der Waals surface area contributed by atoms with E-state index in [0.717, 1.165) is 0 Å². The number of aromatic nitrogens is 2. The minimum Gasteiger partial charge on any atom is -0.481 e. The lowest BCUT2D eigenvalue weighted by atomic mass is 10.0. The van der Waals surface area contributed by atoms with Gasteiger partial charge in [0, 0.05) is 6.07 Å². The number of nitrogens with one attached hydrogen (secondary N) is 1. The summed E-state index contributed by atoms with van der Waals surface area (Å²) >= 11 is 0. The molecule has 6 nitrogen and oxygen atoms in total. The summed E-state index contributed by atoms with van der Waals surface area (Å²) in [6, 6.07) is 1.68. The highest BCUT2D eigenvalue weighted by molar-refractivity contribution is 5.94. The van der Waals surface area contributed by atoms with Crippen molar-refractivity contribution in [1.82, 2.24) is 9.78 Å². The Morgan fingerprint density at radius 1 is 1.79 bits per heavy atom. The van der Waals surface area contributed by atoms with Crippen LogP contribution in [0.5, 0.6) is 0 Å². The molecule has 2 N–H and O–H groups in total. The van der Waals surface area contributed by atoms with Gasteiger partial charge in [-0.25, -0.2) is 4.68 Å². The first-order chi connectivity index (χ1) is 6.66. The van der Waals surface area contributed by atoms with E-state index >= 15 is 0 Å². The summed E-state index contributed by atoms with van der Waals surface area (Å²) < 4.78 is 1.59. The predicted molar refractivity (Wildman–Crippen MR) is 46.6 cm³/mol. The van der Waals surface area contributed by atoms with E-state index in [0.29, 0.717) is 12.4 Å². The summed E-state index contributed by atoms with van der Waals surface area (Å²) in [5.74, 6) is -1.13. The van der Waals surface area contributed by atoms with Crippen molar-refractivity contribution in [2.75, 3.05) is 5.32 Å². The van der Waals surface area contributed by atoms with Gasteiger partial charge in [0.15, 0.2) is 0 Å². The van der Waals surface area contributed by atoms with Crippen molar-refractivity contribution in [2.45, 2.75) is 13.0 Å². The number of anilines is 1. The summed E-state index contributed by atoms with van der Waals surface area (Å²) in [7, 11) is 0. The van der Waals surface area contributed by atoms with Crippen LogP contribution in [0.4, 0.5) is 5.82 Å². The minimum absolute atomic E-state index is 0.162. The van der Waals surface area contributed by atoms with Gasteiger partial charge in [0.25, 0.3) is 0 Å². The highest BCUT2D eigenvalue weighted by Gasteiger charge is 2.28. The SMILES string of the molecule is O=C(O)C[C@H]1Cn2nccc2NC1=O. The molecule has 0 radical (unpaired) electrons. The van der Waals surface area contributed by atoms with Gasteiger partial charge in [0.05, 0.1) is 25.1 Å². The van der Waals surface area contributed by atoms with Crippen molar-refractivity contribution < 1.29 is 14.7 Å². The number of aliphatic carboxylic acids is 1. The molecule has 0 unspecified atom stereocenters. The van der Waals surface area contributed by atoms with Crippen LogP contribution in [-0.2, 0) is 16.1 Å². The van der Waals surface area contributed by atoms with Crippen molar-refractivity contribution in [3.05, 3.63) is 12.3 Å². The summed E-state index contributed by atoms with van der Waals surface area (Å²) in [4.78, 5) is 21.8. The molecular formula is C8H9N3O3. The molecule has 0 spiro atoms. The number of carbonyl (C=O) groups is 2. The summed E-state index contributed by atoms with van der Waals surface area (Å²) in [5, 5.41) is 15.1. The highest BCUT2D eigenvalue weighted by Crippen LogP contribution is 2.19. The lowest BCUT2D eigenvalue weighted by Gasteiger charge is -2.21. The van der Waals surface area contributed by atoms with Crippen LogP contribution >= 0.6 is 0 Å². The van der Waals surface area contributed by atoms with Crippen LogP contribution in [0, 0.1) is 5.92 Å². The quantitative estimate of drug-likeness (QED) is 0.691. The molecule has 1 aliphatic rings. The van der Waals surface area contributed by atoms with Crippen molar-refractivity contribution in [3.8, 4) is 0 Å². The molecule has 14 heavy (non-hydrogen) atoms. The van der Waals surface area contributed by atoms with Gasteiger partial charge in [-0.05, 0) is 0 Å². The minimum atomic E-state index is -0.972. The molecule has 1 aromatic rings. The van der Waals surface area contributed by atoms with Gasteiger partial charge in [-0.3, -0.25) is 9.59 Å². The van der Waals surface area contributed by atoms with Crippen molar-refractivity contribution in [2.24, 2.45) is 5.92 Å². The number of hydrogen-bond donors (Lipinski definition) is 2. The van der Waals surface area contributed by atoms with Gasteiger partial charge in [-0.1, -0.05) is 0 Å². The van der Waals surface area contributed by atoms with Gasteiger partial charge in [0.1, 0.15) is 5.82 Å².